The highest BCUT2D eigenvalue weighted by atomic mass is 35.5. The zero-order valence-electron chi connectivity index (χ0n) is 19.1. The molecule has 178 valence electrons. The molecule has 0 heterocycles. The van der Waals surface area contributed by atoms with E-state index in [4.69, 9.17) is 32.7 Å². The van der Waals surface area contributed by atoms with E-state index in [0.717, 1.165) is 11.1 Å². The van der Waals surface area contributed by atoms with Crippen molar-refractivity contribution in [3.63, 3.8) is 0 Å². The molecule has 8 heteroatoms. The summed E-state index contributed by atoms with van der Waals surface area (Å²) in [5, 5.41) is 12.6. The van der Waals surface area contributed by atoms with Gasteiger partial charge in [-0.15, -0.1) is 0 Å². The Hall–Kier alpha value is -3.79. The van der Waals surface area contributed by atoms with Crippen molar-refractivity contribution >= 4 is 46.8 Å². The SMILES string of the molecule is CCOC(=O)c1ccc(NC(=O)/C(C#N)=C/c2cc(Cl)c(OCc3cccc(C)c3)c(Cl)c2)cc1. The number of hydrogen-bond donors (Lipinski definition) is 1. The average molecular weight is 509 g/mol. The summed E-state index contributed by atoms with van der Waals surface area (Å²) in [5.74, 6) is -0.761. The van der Waals surface area contributed by atoms with Crippen LogP contribution in [0.1, 0.15) is 34.0 Å². The number of rotatable bonds is 8. The number of benzene rings is 3. The lowest BCUT2D eigenvalue weighted by atomic mass is 10.1. The number of aryl methyl sites for hydroxylation is 1. The molecule has 0 aliphatic rings. The summed E-state index contributed by atoms with van der Waals surface area (Å²) < 4.78 is 10.7. The van der Waals surface area contributed by atoms with E-state index >= 15 is 0 Å². The largest absolute Gasteiger partial charge is 0.486 e. The smallest absolute Gasteiger partial charge is 0.338 e. The Morgan fingerprint density at radius 3 is 2.34 bits per heavy atom. The van der Waals surface area contributed by atoms with Gasteiger partial charge in [0.05, 0.1) is 22.2 Å². The van der Waals surface area contributed by atoms with Crippen molar-refractivity contribution in [2.75, 3.05) is 11.9 Å². The summed E-state index contributed by atoms with van der Waals surface area (Å²) in [5.41, 5.74) is 3.17. The molecule has 3 aromatic carbocycles. The number of nitrogens with zero attached hydrogens (tertiary/aromatic N) is 1. The number of hydrogen-bond acceptors (Lipinski definition) is 5. The summed E-state index contributed by atoms with van der Waals surface area (Å²) >= 11 is 12.7. The molecule has 35 heavy (non-hydrogen) atoms. The Labute approximate surface area is 213 Å². The lowest BCUT2D eigenvalue weighted by molar-refractivity contribution is -0.112. The number of amides is 1. The molecule has 1 N–H and O–H groups in total. The monoisotopic (exact) mass is 508 g/mol. The predicted octanol–water partition coefficient (Wildman–Crippen LogP) is 6.60. The molecule has 6 nitrogen and oxygen atoms in total. The van der Waals surface area contributed by atoms with Crippen molar-refractivity contribution in [2.24, 2.45) is 0 Å². The Bertz CT molecular complexity index is 1290. The first-order valence-electron chi connectivity index (χ1n) is 10.7. The van der Waals surface area contributed by atoms with E-state index in [9.17, 15) is 14.9 Å². The number of halogens is 2. The van der Waals surface area contributed by atoms with Crippen LogP contribution in [0.4, 0.5) is 5.69 Å². The fourth-order valence-electron chi connectivity index (χ4n) is 3.18. The maximum atomic E-state index is 12.6. The second-order valence-electron chi connectivity index (χ2n) is 7.51. The van der Waals surface area contributed by atoms with Crippen LogP contribution in [-0.2, 0) is 16.1 Å². The fourth-order valence-corrected chi connectivity index (χ4v) is 3.79. The van der Waals surface area contributed by atoms with Gasteiger partial charge in [0.15, 0.2) is 5.75 Å². The Kier molecular flexibility index (Phi) is 8.91. The summed E-state index contributed by atoms with van der Waals surface area (Å²) in [6, 6.07) is 19.0. The molecule has 0 aromatic heterocycles. The van der Waals surface area contributed by atoms with Crippen molar-refractivity contribution in [3.05, 3.63) is 98.5 Å². The van der Waals surface area contributed by atoms with Crippen LogP contribution in [0.25, 0.3) is 6.08 Å². The molecule has 0 radical (unpaired) electrons. The van der Waals surface area contributed by atoms with E-state index in [0.29, 0.717) is 22.6 Å². The Morgan fingerprint density at radius 1 is 1.06 bits per heavy atom. The van der Waals surface area contributed by atoms with Gasteiger partial charge in [-0.3, -0.25) is 4.79 Å². The maximum absolute atomic E-state index is 12.6. The van der Waals surface area contributed by atoms with Crippen LogP contribution in [0.3, 0.4) is 0 Å². The van der Waals surface area contributed by atoms with Gasteiger partial charge in [0.25, 0.3) is 5.91 Å². The van der Waals surface area contributed by atoms with Gasteiger partial charge < -0.3 is 14.8 Å². The maximum Gasteiger partial charge on any atom is 0.338 e. The van der Waals surface area contributed by atoms with Crippen LogP contribution in [0.5, 0.6) is 5.75 Å². The minimum absolute atomic E-state index is 0.153. The molecule has 0 aliphatic heterocycles. The van der Waals surface area contributed by atoms with Crippen LogP contribution >= 0.6 is 23.2 Å². The van der Waals surface area contributed by atoms with Crippen molar-refractivity contribution < 1.29 is 19.1 Å². The third-order valence-electron chi connectivity index (χ3n) is 4.82. The first-order chi connectivity index (χ1) is 16.8. The molecule has 0 bridgehead atoms. The molecule has 1 amide bonds. The van der Waals surface area contributed by atoms with Gasteiger partial charge in [0, 0.05) is 5.69 Å². The molecule has 0 saturated heterocycles. The second kappa shape index (κ2) is 12.1. The lowest BCUT2D eigenvalue weighted by Gasteiger charge is -2.12. The quantitative estimate of drug-likeness (QED) is 0.210. The highest BCUT2D eigenvalue weighted by Crippen LogP contribution is 2.35. The highest BCUT2D eigenvalue weighted by Gasteiger charge is 2.14. The summed E-state index contributed by atoms with van der Waals surface area (Å²) in [7, 11) is 0. The molecule has 3 rings (SSSR count). The third-order valence-corrected chi connectivity index (χ3v) is 5.38. The number of anilines is 1. The first-order valence-corrected chi connectivity index (χ1v) is 11.4. The molecule has 0 saturated carbocycles. The van der Waals surface area contributed by atoms with Crippen LogP contribution in [0.15, 0.2) is 66.2 Å². The molecule has 0 fully saturated rings. The molecular weight excluding hydrogens is 487 g/mol. The van der Waals surface area contributed by atoms with Crippen molar-refractivity contribution in [1.82, 2.24) is 0 Å². The standard InChI is InChI=1S/C27H22Cl2N2O4/c1-3-34-27(33)20-7-9-22(10-8-20)31-26(32)21(15-30)12-19-13-23(28)25(24(29)14-19)35-16-18-6-4-5-17(2)11-18/h4-14H,3,16H2,1-2H3,(H,31,32)/b21-12+. The number of esters is 1. The summed E-state index contributed by atoms with van der Waals surface area (Å²) in [6.07, 6.45) is 1.38. The number of nitriles is 1. The predicted molar refractivity (Wildman–Crippen MR) is 137 cm³/mol. The minimum Gasteiger partial charge on any atom is -0.486 e. The topological polar surface area (TPSA) is 88.4 Å². The van der Waals surface area contributed by atoms with E-state index in [-0.39, 0.29) is 28.8 Å². The third kappa shape index (κ3) is 7.10. The molecule has 0 unspecified atom stereocenters. The minimum atomic E-state index is -0.622. The van der Waals surface area contributed by atoms with Crippen LogP contribution in [-0.4, -0.2) is 18.5 Å². The fraction of sp³-hybridized carbons (Fsp3) is 0.148. The number of carbonyl (C=O) groups excluding carboxylic acids is 2. The van der Waals surface area contributed by atoms with Gasteiger partial charge in [0.2, 0.25) is 0 Å². The highest BCUT2D eigenvalue weighted by molar-refractivity contribution is 6.37. The molecule has 3 aromatic rings. The van der Waals surface area contributed by atoms with Crippen molar-refractivity contribution in [1.29, 1.82) is 5.26 Å². The zero-order valence-corrected chi connectivity index (χ0v) is 20.6. The van der Waals surface area contributed by atoms with Gasteiger partial charge in [0.1, 0.15) is 18.2 Å². The lowest BCUT2D eigenvalue weighted by Crippen LogP contribution is -2.13. The zero-order chi connectivity index (χ0) is 25.4. The molecular formula is C27H22Cl2N2O4. The second-order valence-corrected chi connectivity index (χ2v) is 8.33. The Morgan fingerprint density at radius 2 is 1.74 bits per heavy atom. The molecule has 0 spiro atoms. The number of nitrogens with one attached hydrogen (secondary N) is 1. The van der Waals surface area contributed by atoms with E-state index in [1.807, 2.05) is 37.3 Å². The van der Waals surface area contributed by atoms with Gasteiger partial charge in [-0.05, 0) is 67.4 Å². The van der Waals surface area contributed by atoms with Gasteiger partial charge >= 0.3 is 5.97 Å². The van der Waals surface area contributed by atoms with E-state index in [2.05, 4.69) is 5.32 Å². The van der Waals surface area contributed by atoms with Crippen molar-refractivity contribution in [3.8, 4) is 11.8 Å². The molecule has 0 aliphatic carbocycles. The number of ether oxygens (including phenoxy) is 2. The molecule has 0 atom stereocenters. The van der Waals surface area contributed by atoms with E-state index < -0.39 is 11.9 Å². The van der Waals surface area contributed by atoms with Gasteiger partial charge in [-0.25, -0.2) is 4.79 Å². The normalized spacial score (nSPS) is 10.9. The summed E-state index contributed by atoms with van der Waals surface area (Å²) in [4.78, 5) is 24.4. The van der Waals surface area contributed by atoms with Gasteiger partial charge in [-0.2, -0.15) is 5.26 Å². The van der Waals surface area contributed by atoms with Crippen LogP contribution in [0.2, 0.25) is 10.0 Å². The van der Waals surface area contributed by atoms with E-state index in [1.54, 1.807) is 31.2 Å². The summed E-state index contributed by atoms with van der Waals surface area (Å²) in [6.45, 7) is 4.26. The van der Waals surface area contributed by atoms with E-state index in [1.165, 1.54) is 18.2 Å². The average Bonchev–Trinajstić information content (AvgIpc) is 2.82. The Balaban J connectivity index is 1.72. The first kappa shape index (κ1) is 25.8. The van der Waals surface area contributed by atoms with Crippen LogP contribution in [0, 0.1) is 18.3 Å². The van der Waals surface area contributed by atoms with Crippen LogP contribution < -0.4 is 10.1 Å². The number of carbonyl (C=O) groups is 2. The van der Waals surface area contributed by atoms with Crippen molar-refractivity contribution in [2.45, 2.75) is 20.5 Å². The van der Waals surface area contributed by atoms with Gasteiger partial charge in [-0.1, -0.05) is 53.0 Å².